The normalized spacial score (nSPS) is 15.9. The summed E-state index contributed by atoms with van der Waals surface area (Å²) >= 11 is 0. The number of aryl methyl sites for hydroxylation is 2. The largest absolute Gasteiger partial charge is 0.481 e. The van der Waals surface area contributed by atoms with Gasteiger partial charge in [-0.25, -0.2) is 0 Å². The predicted octanol–water partition coefficient (Wildman–Crippen LogP) is 4.68. The van der Waals surface area contributed by atoms with E-state index in [2.05, 4.69) is 44.8 Å². The van der Waals surface area contributed by atoms with Gasteiger partial charge in [-0.3, -0.25) is 4.90 Å². The Balaban J connectivity index is 1.42. The maximum absolute atomic E-state index is 9.82. The fourth-order valence-corrected chi connectivity index (χ4v) is 4.90. The van der Waals surface area contributed by atoms with Gasteiger partial charge >= 0.3 is 0 Å². The molecule has 6 heteroatoms. The van der Waals surface area contributed by atoms with Crippen LogP contribution in [0.25, 0.3) is 10.9 Å². The summed E-state index contributed by atoms with van der Waals surface area (Å²) in [7, 11) is 0. The number of fused-ring (bicyclic) bond motifs is 1. The Hall–Kier alpha value is -3.53. The van der Waals surface area contributed by atoms with Crippen LogP contribution in [0, 0.1) is 25.7 Å². The summed E-state index contributed by atoms with van der Waals surface area (Å²) in [5.41, 5.74) is 5.38. The third-order valence-corrected chi connectivity index (χ3v) is 6.85. The van der Waals surface area contributed by atoms with Crippen LogP contribution < -0.4 is 4.74 Å². The molecule has 0 amide bonds. The van der Waals surface area contributed by atoms with Crippen molar-refractivity contribution in [3.63, 3.8) is 0 Å². The summed E-state index contributed by atoms with van der Waals surface area (Å²) in [4.78, 5) is 2.38. The monoisotopic (exact) mass is 469 g/mol. The second-order valence-corrected chi connectivity index (χ2v) is 9.17. The van der Waals surface area contributed by atoms with Crippen LogP contribution in [0.5, 0.6) is 5.75 Å². The molecule has 0 aliphatic carbocycles. The molecule has 0 spiro atoms. The van der Waals surface area contributed by atoms with Gasteiger partial charge in [-0.15, -0.1) is 0 Å². The molecule has 0 saturated carbocycles. The van der Waals surface area contributed by atoms with Gasteiger partial charge in [0.25, 0.3) is 0 Å². The van der Waals surface area contributed by atoms with Crippen LogP contribution in [0.4, 0.5) is 0 Å². The van der Waals surface area contributed by atoms with Crippen LogP contribution >= 0.6 is 0 Å². The van der Waals surface area contributed by atoms with Gasteiger partial charge < -0.3 is 18.9 Å². The zero-order valence-electron chi connectivity index (χ0n) is 20.3. The Morgan fingerprint density at radius 3 is 2.77 bits per heavy atom. The van der Waals surface area contributed by atoms with Crippen LogP contribution in [-0.2, 0) is 13.1 Å². The first-order valence-electron chi connectivity index (χ1n) is 12.2. The van der Waals surface area contributed by atoms with E-state index in [-0.39, 0.29) is 12.6 Å². The van der Waals surface area contributed by atoms with Crippen molar-refractivity contribution in [2.24, 2.45) is 0 Å². The number of hydrogen-bond donors (Lipinski definition) is 1. The number of hydrogen-bond acceptors (Lipinski definition) is 5. The molecular weight excluding hydrogens is 438 g/mol. The topological polar surface area (TPSA) is 63.7 Å². The highest BCUT2D eigenvalue weighted by Gasteiger charge is 2.25. The first-order chi connectivity index (χ1) is 17.1. The van der Waals surface area contributed by atoms with Gasteiger partial charge in [0, 0.05) is 40.8 Å². The first-order valence-corrected chi connectivity index (χ1v) is 12.2. The average molecular weight is 470 g/mol. The van der Waals surface area contributed by atoms with Gasteiger partial charge in [-0.2, -0.15) is 0 Å². The first kappa shape index (κ1) is 23.2. The van der Waals surface area contributed by atoms with E-state index >= 15 is 0 Å². The number of aliphatic hydroxyl groups excluding tert-OH is 1. The molecule has 4 aromatic rings. The van der Waals surface area contributed by atoms with Crippen LogP contribution in [0.3, 0.4) is 0 Å². The molecule has 1 atom stereocenters. The summed E-state index contributed by atoms with van der Waals surface area (Å²) < 4.78 is 13.7. The van der Waals surface area contributed by atoms with Crippen molar-refractivity contribution in [3.8, 4) is 17.6 Å². The molecule has 3 heterocycles. The fraction of sp³-hybridized carbons (Fsp3) is 0.345. The molecule has 6 nitrogen and oxygen atoms in total. The minimum Gasteiger partial charge on any atom is -0.481 e. The number of benzene rings is 2. The second kappa shape index (κ2) is 10.4. The number of aromatic nitrogens is 2. The Morgan fingerprint density at radius 2 is 2.00 bits per heavy atom. The Morgan fingerprint density at radius 1 is 1.14 bits per heavy atom. The van der Waals surface area contributed by atoms with Gasteiger partial charge in [0.1, 0.15) is 18.1 Å². The standard InChI is InChI=1S/C29H31N3O3/c1-21-28(22(2)35-30-21)19-32-18-24(17-31-14-6-11-25(31)20-33)27-16-26(12-13-29(27)32)34-15-7-10-23-8-4-3-5-9-23/h3-5,8-9,12-13,16,18,25,33H,6,11,14-15,17,19-20H2,1-2H3/t25-/m0/s1. The molecule has 5 rings (SSSR count). The van der Waals surface area contributed by atoms with Crippen LogP contribution in [0.15, 0.2) is 59.3 Å². The van der Waals surface area contributed by atoms with Gasteiger partial charge in [0.15, 0.2) is 0 Å². The number of nitrogens with zero attached hydrogens (tertiary/aromatic N) is 3. The summed E-state index contributed by atoms with van der Waals surface area (Å²) in [6.45, 7) is 6.97. The highest BCUT2D eigenvalue weighted by Crippen LogP contribution is 2.30. The van der Waals surface area contributed by atoms with E-state index in [1.807, 2.05) is 50.2 Å². The van der Waals surface area contributed by atoms with Crippen LogP contribution in [-0.4, -0.2) is 45.5 Å². The zero-order valence-corrected chi connectivity index (χ0v) is 20.3. The SMILES string of the molecule is Cc1noc(C)c1Cn1cc(CN2CCC[C@H]2CO)c2cc(OCC#Cc3ccccc3)ccc21. The molecule has 1 saturated heterocycles. The minimum atomic E-state index is 0.201. The van der Waals surface area contributed by atoms with E-state index in [1.54, 1.807) is 0 Å². The molecule has 1 aliphatic heterocycles. The maximum Gasteiger partial charge on any atom is 0.149 e. The highest BCUT2D eigenvalue weighted by atomic mass is 16.5. The van der Waals surface area contributed by atoms with Crippen molar-refractivity contribution in [2.45, 2.75) is 45.8 Å². The average Bonchev–Trinajstić information content (AvgIpc) is 3.56. The van der Waals surface area contributed by atoms with E-state index in [0.29, 0.717) is 13.2 Å². The third kappa shape index (κ3) is 5.12. The smallest absolute Gasteiger partial charge is 0.149 e. The number of rotatable bonds is 7. The lowest BCUT2D eigenvalue weighted by Crippen LogP contribution is -2.31. The minimum absolute atomic E-state index is 0.201. The molecule has 1 N–H and O–H groups in total. The van der Waals surface area contributed by atoms with Gasteiger partial charge in [0.05, 0.1) is 18.8 Å². The van der Waals surface area contributed by atoms with E-state index < -0.39 is 0 Å². The Bertz CT molecular complexity index is 1340. The lowest BCUT2D eigenvalue weighted by molar-refractivity contribution is 0.154. The van der Waals surface area contributed by atoms with E-state index in [9.17, 15) is 5.11 Å². The Kier molecular flexibility index (Phi) is 6.89. The lowest BCUT2D eigenvalue weighted by Gasteiger charge is -2.22. The van der Waals surface area contributed by atoms with Crippen molar-refractivity contribution in [3.05, 3.63) is 82.9 Å². The summed E-state index contributed by atoms with van der Waals surface area (Å²) in [5, 5.41) is 15.1. The summed E-state index contributed by atoms with van der Waals surface area (Å²) in [5.74, 6) is 7.89. The summed E-state index contributed by atoms with van der Waals surface area (Å²) in [6.07, 6.45) is 4.39. The van der Waals surface area contributed by atoms with Gasteiger partial charge in [0.2, 0.25) is 0 Å². The fourth-order valence-electron chi connectivity index (χ4n) is 4.90. The lowest BCUT2D eigenvalue weighted by atomic mass is 10.1. The maximum atomic E-state index is 9.82. The number of aliphatic hydroxyl groups is 1. The third-order valence-electron chi connectivity index (χ3n) is 6.85. The van der Waals surface area contributed by atoms with E-state index in [1.165, 1.54) is 5.56 Å². The van der Waals surface area contributed by atoms with E-state index in [0.717, 1.165) is 65.2 Å². The van der Waals surface area contributed by atoms with Gasteiger partial charge in [-0.1, -0.05) is 35.2 Å². The van der Waals surface area contributed by atoms with Crippen molar-refractivity contribution >= 4 is 10.9 Å². The number of ether oxygens (including phenoxy) is 1. The molecule has 0 bridgehead atoms. The van der Waals surface area contributed by atoms with Crippen LogP contribution in [0.1, 0.15) is 41.0 Å². The molecule has 2 aromatic heterocycles. The summed E-state index contributed by atoms with van der Waals surface area (Å²) in [6, 6.07) is 16.4. The highest BCUT2D eigenvalue weighted by molar-refractivity contribution is 5.85. The van der Waals surface area contributed by atoms with Crippen molar-refractivity contribution in [1.29, 1.82) is 0 Å². The number of likely N-dealkylation sites (tertiary alicyclic amines) is 1. The predicted molar refractivity (Wildman–Crippen MR) is 136 cm³/mol. The molecule has 1 fully saturated rings. The van der Waals surface area contributed by atoms with Crippen LogP contribution in [0.2, 0.25) is 0 Å². The molecule has 2 aromatic carbocycles. The molecule has 0 unspecified atom stereocenters. The zero-order chi connectivity index (χ0) is 24.2. The Labute approximate surface area is 206 Å². The second-order valence-electron chi connectivity index (χ2n) is 9.17. The molecule has 180 valence electrons. The molecular formula is C29H31N3O3. The quantitative estimate of drug-likeness (QED) is 0.398. The van der Waals surface area contributed by atoms with Crippen molar-refractivity contribution < 1.29 is 14.4 Å². The van der Waals surface area contributed by atoms with Crippen molar-refractivity contribution in [2.75, 3.05) is 19.8 Å². The molecule has 0 radical (unpaired) electrons. The van der Waals surface area contributed by atoms with Gasteiger partial charge in [-0.05, 0) is 69.1 Å². The molecule has 1 aliphatic rings. The van der Waals surface area contributed by atoms with E-state index in [4.69, 9.17) is 9.26 Å². The van der Waals surface area contributed by atoms with Crippen molar-refractivity contribution in [1.82, 2.24) is 14.6 Å². The molecule has 35 heavy (non-hydrogen) atoms.